The van der Waals surface area contributed by atoms with Crippen molar-refractivity contribution in [2.24, 2.45) is 0 Å². The predicted molar refractivity (Wildman–Crippen MR) is 252 cm³/mol. The number of hydrogen-bond donors (Lipinski definition) is 0. The van der Waals surface area contributed by atoms with Gasteiger partial charge in [-0.3, -0.25) is 0 Å². The highest BCUT2D eigenvalue weighted by Crippen LogP contribution is 2.39. The maximum atomic E-state index is 6.34. The second-order valence-corrected chi connectivity index (χ2v) is 15.6. The van der Waals surface area contributed by atoms with Gasteiger partial charge in [0, 0.05) is 27.5 Å². The SMILES string of the molecule is c1ccc(-c2cccc(-c3cc(-c4nc(-c5ccc6cc(-c7cccc8ccccc78)ccc6c5)nc(-c5cccc6oc7ccccc7c56)n4)cc4ccccc34)c2)cc1. The van der Waals surface area contributed by atoms with E-state index in [-0.39, 0.29) is 0 Å². The summed E-state index contributed by atoms with van der Waals surface area (Å²) in [4.78, 5) is 15.9. The van der Waals surface area contributed by atoms with Crippen LogP contribution < -0.4 is 0 Å². The van der Waals surface area contributed by atoms with E-state index in [1.807, 2.05) is 30.3 Å². The van der Waals surface area contributed by atoms with Gasteiger partial charge >= 0.3 is 0 Å². The first-order valence-electron chi connectivity index (χ1n) is 20.6. The molecular formula is C57H35N3O. The first-order chi connectivity index (χ1) is 30.2. The zero-order valence-corrected chi connectivity index (χ0v) is 33.0. The van der Waals surface area contributed by atoms with Crippen LogP contribution in [0.3, 0.4) is 0 Å². The van der Waals surface area contributed by atoms with Crippen molar-refractivity contribution in [3.63, 3.8) is 0 Å². The molecule has 0 spiro atoms. The lowest BCUT2D eigenvalue weighted by molar-refractivity contribution is 0.669. The van der Waals surface area contributed by atoms with Gasteiger partial charge in [0.25, 0.3) is 0 Å². The van der Waals surface area contributed by atoms with Crippen molar-refractivity contribution in [3.05, 3.63) is 212 Å². The minimum Gasteiger partial charge on any atom is -0.456 e. The van der Waals surface area contributed by atoms with Crippen molar-refractivity contribution < 1.29 is 4.42 Å². The van der Waals surface area contributed by atoms with Gasteiger partial charge in [-0.15, -0.1) is 0 Å². The Balaban J connectivity index is 1.05. The van der Waals surface area contributed by atoms with Crippen LogP contribution in [0.15, 0.2) is 217 Å². The second kappa shape index (κ2) is 14.3. The molecule has 0 aliphatic carbocycles. The lowest BCUT2D eigenvalue weighted by Gasteiger charge is -2.14. The number of fused-ring (bicyclic) bond motifs is 6. The number of nitrogens with zero attached hydrogens (tertiary/aromatic N) is 3. The van der Waals surface area contributed by atoms with Gasteiger partial charge < -0.3 is 4.42 Å². The molecule has 10 aromatic carbocycles. The van der Waals surface area contributed by atoms with Crippen molar-refractivity contribution in [3.8, 4) is 67.5 Å². The summed E-state index contributed by atoms with van der Waals surface area (Å²) >= 11 is 0. The maximum Gasteiger partial charge on any atom is 0.164 e. The van der Waals surface area contributed by atoms with Crippen LogP contribution in [0.25, 0.3) is 122 Å². The molecule has 12 rings (SSSR count). The highest BCUT2D eigenvalue weighted by molar-refractivity contribution is 6.12. The molecule has 0 unspecified atom stereocenters. The van der Waals surface area contributed by atoms with E-state index in [4.69, 9.17) is 19.4 Å². The Labute approximate surface area is 352 Å². The van der Waals surface area contributed by atoms with E-state index in [0.29, 0.717) is 17.5 Å². The van der Waals surface area contributed by atoms with Crippen molar-refractivity contribution in [2.45, 2.75) is 0 Å². The Morgan fingerprint density at radius 2 is 0.803 bits per heavy atom. The number of para-hydroxylation sites is 1. The Bertz CT molecular complexity index is 3660. The summed E-state index contributed by atoms with van der Waals surface area (Å²) in [5, 5.41) is 9.02. The zero-order chi connectivity index (χ0) is 40.3. The molecule has 0 saturated carbocycles. The molecule has 2 heterocycles. The summed E-state index contributed by atoms with van der Waals surface area (Å²) in [7, 11) is 0. The lowest BCUT2D eigenvalue weighted by Crippen LogP contribution is -2.01. The summed E-state index contributed by atoms with van der Waals surface area (Å²) in [5.41, 5.74) is 11.3. The Kier molecular flexibility index (Phi) is 8.13. The summed E-state index contributed by atoms with van der Waals surface area (Å²) in [6.45, 7) is 0. The topological polar surface area (TPSA) is 51.8 Å². The van der Waals surface area contributed by atoms with Gasteiger partial charge in [-0.25, -0.2) is 15.0 Å². The van der Waals surface area contributed by atoms with Gasteiger partial charge in [-0.05, 0) is 108 Å². The third-order valence-electron chi connectivity index (χ3n) is 11.9. The smallest absolute Gasteiger partial charge is 0.164 e. The molecule has 4 nitrogen and oxygen atoms in total. The fourth-order valence-electron chi connectivity index (χ4n) is 8.92. The van der Waals surface area contributed by atoms with Gasteiger partial charge in [-0.2, -0.15) is 0 Å². The largest absolute Gasteiger partial charge is 0.456 e. The first kappa shape index (κ1) is 34.8. The summed E-state index contributed by atoms with van der Waals surface area (Å²) in [6, 6.07) is 74.8. The molecular weight excluding hydrogens is 743 g/mol. The van der Waals surface area contributed by atoms with Crippen molar-refractivity contribution >= 4 is 54.3 Å². The Morgan fingerprint density at radius 1 is 0.262 bits per heavy atom. The lowest BCUT2D eigenvalue weighted by atomic mass is 9.93. The van der Waals surface area contributed by atoms with Gasteiger partial charge in [0.1, 0.15) is 11.2 Å². The molecule has 0 atom stereocenters. The molecule has 61 heavy (non-hydrogen) atoms. The van der Waals surface area contributed by atoms with Gasteiger partial charge in [0.05, 0.1) is 0 Å². The van der Waals surface area contributed by atoms with Crippen LogP contribution in [0.1, 0.15) is 0 Å². The number of hydrogen-bond acceptors (Lipinski definition) is 4. The van der Waals surface area contributed by atoms with Crippen LogP contribution in [0, 0.1) is 0 Å². The number of rotatable bonds is 6. The number of furan rings is 1. The van der Waals surface area contributed by atoms with Gasteiger partial charge in [-0.1, -0.05) is 170 Å². The molecule has 0 amide bonds. The quantitative estimate of drug-likeness (QED) is 0.169. The number of aromatic nitrogens is 3. The average molecular weight is 778 g/mol. The average Bonchev–Trinajstić information content (AvgIpc) is 3.72. The van der Waals surface area contributed by atoms with Crippen molar-refractivity contribution in [2.75, 3.05) is 0 Å². The third kappa shape index (κ3) is 6.12. The summed E-state index contributed by atoms with van der Waals surface area (Å²) in [6.07, 6.45) is 0. The molecule has 0 aliphatic rings. The predicted octanol–water partition coefficient (Wildman–Crippen LogP) is 15.2. The molecule has 12 aromatic rings. The second-order valence-electron chi connectivity index (χ2n) is 15.6. The summed E-state index contributed by atoms with van der Waals surface area (Å²) < 4.78 is 6.34. The van der Waals surface area contributed by atoms with Gasteiger partial charge in [0.15, 0.2) is 17.5 Å². The normalized spacial score (nSPS) is 11.6. The highest BCUT2D eigenvalue weighted by atomic mass is 16.3. The molecule has 0 radical (unpaired) electrons. The molecule has 2 aromatic heterocycles. The minimum atomic E-state index is 0.587. The Morgan fingerprint density at radius 3 is 1.66 bits per heavy atom. The molecule has 4 heteroatoms. The summed E-state index contributed by atoms with van der Waals surface area (Å²) in [5.74, 6) is 1.79. The minimum absolute atomic E-state index is 0.587. The zero-order valence-electron chi connectivity index (χ0n) is 33.0. The fourth-order valence-corrected chi connectivity index (χ4v) is 8.92. The van der Waals surface area contributed by atoms with Crippen molar-refractivity contribution in [1.29, 1.82) is 0 Å². The molecule has 0 bridgehead atoms. The van der Waals surface area contributed by atoms with Crippen LogP contribution in [0.2, 0.25) is 0 Å². The van der Waals surface area contributed by atoms with E-state index in [9.17, 15) is 0 Å². The van der Waals surface area contributed by atoms with Gasteiger partial charge in [0.2, 0.25) is 0 Å². The van der Waals surface area contributed by atoms with Crippen LogP contribution >= 0.6 is 0 Å². The molecule has 0 aliphatic heterocycles. The molecule has 0 fully saturated rings. The molecule has 0 saturated heterocycles. The van der Waals surface area contributed by atoms with Crippen LogP contribution in [0.5, 0.6) is 0 Å². The van der Waals surface area contributed by atoms with Crippen molar-refractivity contribution in [1.82, 2.24) is 15.0 Å². The van der Waals surface area contributed by atoms with E-state index in [2.05, 4.69) is 182 Å². The molecule has 284 valence electrons. The standard InChI is InChI=1S/C57H35N3O/c1-2-13-36(14-3-1)38-18-10-19-42(31-38)51-35-45(34-41-16-5-7-21-48(41)51)56-58-55(59-57(60-56)50-24-12-26-53-54(50)49-22-8-9-25-52(49)61-53)44-30-28-39-32-43(29-27-40(39)33-44)47-23-11-17-37-15-4-6-20-46(37)47/h1-35H. The monoisotopic (exact) mass is 777 g/mol. The maximum absolute atomic E-state index is 6.34. The fraction of sp³-hybridized carbons (Fsp3) is 0. The van der Waals surface area contributed by atoms with E-state index in [1.54, 1.807) is 0 Å². The van der Waals surface area contributed by atoms with E-state index in [1.165, 1.54) is 33.0 Å². The Hall–Kier alpha value is -8.21. The van der Waals surface area contributed by atoms with Crippen LogP contribution in [-0.2, 0) is 0 Å². The highest BCUT2D eigenvalue weighted by Gasteiger charge is 2.19. The first-order valence-corrected chi connectivity index (χ1v) is 20.6. The third-order valence-corrected chi connectivity index (χ3v) is 11.9. The van der Waals surface area contributed by atoms with E-state index >= 15 is 0 Å². The number of benzene rings is 10. The van der Waals surface area contributed by atoms with Crippen LogP contribution in [0.4, 0.5) is 0 Å². The van der Waals surface area contributed by atoms with E-state index in [0.717, 1.165) is 71.3 Å². The van der Waals surface area contributed by atoms with E-state index < -0.39 is 0 Å². The molecule has 0 N–H and O–H groups in total. The van der Waals surface area contributed by atoms with Crippen LogP contribution in [-0.4, -0.2) is 15.0 Å².